The van der Waals surface area contributed by atoms with Gasteiger partial charge in [0.1, 0.15) is 0 Å². The Morgan fingerprint density at radius 1 is 0.750 bits per heavy atom. The zero-order valence-corrected chi connectivity index (χ0v) is 16.8. The molecule has 0 radical (unpaired) electrons. The Morgan fingerprint density at radius 3 is 1.58 bits per heavy atom. The minimum Gasteiger partial charge on any atom is -0.321 e. The van der Waals surface area contributed by atoms with Crippen LogP contribution in [0.5, 0.6) is 0 Å². The van der Waals surface area contributed by atoms with Crippen LogP contribution in [0.2, 0.25) is 0 Å². The Balaban J connectivity index is 1.70. The highest BCUT2D eigenvalue weighted by Gasteiger charge is 2.11. The first-order valence-electron chi connectivity index (χ1n) is 6.75. The molecule has 0 saturated carbocycles. The van der Waals surface area contributed by atoms with Gasteiger partial charge in [0.2, 0.25) is 0 Å². The van der Waals surface area contributed by atoms with Crippen LogP contribution in [0.4, 0.5) is 11.4 Å². The molecule has 0 aliphatic rings. The van der Waals surface area contributed by atoms with Gasteiger partial charge in [-0.25, -0.2) is 0 Å². The number of benzene rings is 1. The first kappa shape index (κ1) is 17.3. The summed E-state index contributed by atoms with van der Waals surface area (Å²) in [6, 6.07) is 14.2. The van der Waals surface area contributed by atoms with Gasteiger partial charge in [-0.2, -0.15) is 0 Å². The molecule has 0 unspecified atom stereocenters. The van der Waals surface area contributed by atoms with Crippen molar-refractivity contribution >= 4 is 77.7 Å². The fourth-order valence-electron chi connectivity index (χ4n) is 1.93. The van der Waals surface area contributed by atoms with E-state index in [2.05, 4.69) is 42.5 Å². The Morgan fingerprint density at radius 2 is 1.21 bits per heavy atom. The standard InChI is InChI=1S/C16H10Br2N2O2S2/c17-13-6-4-11(23-13)15(21)19-9-2-1-3-10(8-9)20-16(22)12-5-7-14(18)24-12/h1-8H,(H,19,21)(H,20,22). The Labute approximate surface area is 163 Å². The molecule has 0 fully saturated rings. The van der Waals surface area contributed by atoms with Crippen LogP contribution >= 0.6 is 54.5 Å². The molecule has 0 bridgehead atoms. The van der Waals surface area contributed by atoms with Crippen molar-refractivity contribution in [1.29, 1.82) is 0 Å². The van der Waals surface area contributed by atoms with Gasteiger partial charge in [0.05, 0.1) is 17.3 Å². The summed E-state index contributed by atoms with van der Waals surface area (Å²) in [7, 11) is 0. The van der Waals surface area contributed by atoms with Gasteiger partial charge >= 0.3 is 0 Å². The first-order valence-corrected chi connectivity index (χ1v) is 9.96. The molecule has 0 aliphatic heterocycles. The molecule has 1 aromatic carbocycles. The highest BCUT2D eigenvalue weighted by molar-refractivity contribution is 9.11. The van der Waals surface area contributed by atoms with Crippen molar-refractivity contribution in [3.05, 3.63) is 65.9 Å². The summed E-state index contributed by atoms with van der Waals surface area (Å²) in [6.45, 7) is 0. The van der Waals surface area contributed by atoms with E-state index in [1.165, 1.54) is 22.7 Å². The van der Waals surface area contributed by atoms with Gasteiger partial charge in [-0.15, -0.1) is 22.7 Å². The topological polar surface area (TPSA) is 58.2 Å². The average molecular weight is 486 g/mol. The third-order valence-electron chi connectivity index (χ3n) is 2.97. The number of amides is 2. The molecule has 2 N–H and O–H groups in total. The van der Waals surface area contributed by atoms with E-state index in [1.54, 1.807) is 36.4 Å². The molecule has 2 aromatic heterocycles. The number of carbonyl (C=O) groups is 2. The third kappa shape index (κ3) is 4.32. The van der Waals surface area contributed by atoms with Crippen LogP contribution in [-0.4, -0.2) is 11.8 Å². The molecular weight excluding hydrogens is 476 g/mol. The molecule has 4 nitrogen and oxygen atoms in total. The summed E-state index contributed by atoms with van der Waals surface area (Å²) in [6.07, 6.45) is 0. The molecular formula is C16H10Br2N2O2S2. The van der Waals surface area contributed by atoms with Crippen molar-refractivity contribution in [2.45, 2.75) is 0 Å². The lowest BCUT2D eigenvalue weighted by Gasteiger charge is -2.07. The molecule has 2 amide bonds. The van der Waals surface area contributed by atoms with Crippen LogP contribution in [0.1, 0.15) is 19.3 Å². The van der Waals surface area contributed by atoms with Gasteiger partial charge in [0, 0.05) is 11.4 Å². The number of thiophene rings is 2. The van der Waals surface area contributed by atoms with Crippen LogP contribution in [0, 0.1) is 0 Å². The molecule has 24 heavy (non-hydrogen) atoms. The Bertz CT molecular complexity index is 835. The van der Waals surface area contributed by atoms with E-state index in [9.17, 15) is 9.59 Å². The molecule has 0 spiro atoms. The van der Waals surface area contributed by atoms with E-state index < -0.39 is 0 Å². The highest BCUT2D eigenvalue weighted by Crippen LogP contribution is 2.25. The lowest BCUT2D eigenvalue weighted by atomic mass is 10.2. The number of nitrogens with one attached hydrogen (secondary N) is 2. The predicted octanol–water partition coefficient (Wildman–Crippen LogP) is 5.84. The largest absolute Gasteiger partial charge is 0.321 e. The number of halogens is 2. The summed E-state index contributed by atoms with van der Waals surface area (Å²) in [4.78, 5) is 25.6. The van der Waals surface area contributed by atoms with E-state index in [4.69, 9.17) is 0 Å². The van der Waals surface area contributed by atoms with Gasteiger partial charge in [0.25, 0.3) is 11.8 Å². The lowest BCUT2D eigenvalue weighted by molar-refractivity contribution is 0.102. The van der Waals surface area contributed by atoms with Crippen LogP contribution in [0.3, 0.4) is 0 Å². The second-order valence-corrected chi connectivity index (χ2v) is 9.62. The fourth-order valence-corrected chi connectivity index (χ4v) is 4.50. The second-order valence-electron chi connectivity index (χ2n) is 4.70. The lowest BCUT2D eigenvalue weighted by Crippen LogP contribution is -2.12. The molecule has 2 heterocycles. The fraction of sp³-hybridized carbons (Fsp3) is 0. The summed E-state index contributed by atoms with van der Waals surface area (Å²) >= 11 is 9.40. The summed E-state index contributed by atoms with van der Waals surface area (Å²) in [5, 5.41) is 5.65. The van der Waals surface area contributed by atoms with Gasteiger partial charge < -0.3 is 10.6 Å². The van der Waals surface area contributed by atoms with E-state index in [1.807, 2.05) is 12.1 Å². The van der Waals surface area contributed by atoms with E-state index in [-0.39, 0.29) is 11.8 Å². The second kappa shape index (κ2) is 7.60. The van der Waals surface area contributed by atoms with Crippen LogP contribution in [-0.2, 0) is 0 Å². The van der Waals surface area contributed by atoms with Gasteiger partial charge in [-0.05, 0) is 74.3 Å². The monoisotopic (exact) mass is 484 g/mol. The van der Waals surface area contributed by atoms with Crippen molar-refractivity contribution in [2.24, 2.45) is 0 Å². The molecule has 3 rings (SSSR count). The third-order valence-corrected chi connectivity index (χ3v) is 6.22. The van der Waals surface area contributed by atoms with E-state index >= 15 is 0 Å². The van der Waals surface area contributed by atoms with Crippen LogP contribution in [0.25, 0.3) is 0 Å². The molecule has 0 saturated heterocycles. The normalized spacial score (nSPS) is 10.4. The summed E-state index contributed by atoms with van der Waals surface area (Å²) in [5.74, 6) is -0.368. The maximum atomic E-state index is 12.2. The smallest absolute Gasteiger partial charge is 0.265 e. The maximum absolute atomic E-state index is 12.2. The Hall–Kier alpha value is -1.48. The molecule has 8 heteroatoms. The van der Waals surface area contributed by atoms with Crippen molar-refractivity contribution in [3.8, 4) is 0 Å². The molecule has 3 aromatic rings. The predicted molar refractivity (Wildman–Crippen MR) is 106 cm³/mol. The first-order chi connectivity index (χ1) is 11.5. The average Bonchev–Trinajstić information content (AvgIpc) is 3.16. The zero-order chi connectivity index (χ0) is 17.1. The van der Waals surface area contributed by atoms with Crippen LogP contribution < -0.4 is 10.6 Å². The number of hydrogen-bond donors (Lipinski definition) is 2. The minimum atomic E-state index is -0.184. The maximum Gasteiger partial charge on any atom is 0.265 e. The summed E-state index contributed by atoms with van der Waals surface area (Å²) < 4.78 is 1.80. The van der Waals surface area contributed by atoms with Crippen LogP contribution in [0.15, 0.2) is 56.1 Å². The zero-order valence-electron chi connectivity index (χ0n) is 12.0. The van der Waals surface area contributed by atoms with Crippen molar-refractivity contribution in [2.75, 3.05) is 10.6 Å². The van der Waals surface area contributed by atoms with Crippen molar-refractivity contribution in [1.82, 2.24) is 0 Å². The number of anilines is 2. The van der Waals surface area contributed by atoms with Crippen molar-refractivity contribution in [3.63, 3.8) is 0 Å². The number of hydrogen-bond acceptors (Lipinski definition) is 4. The SMILES string of the molecule is O=C(Nc1cccc(NC(=O)c2ccc(Br)s2)c1)c1ccc(Br)s1. The van der Waals surface area contributed by atoms with Crippen molar-refractivity contribution < 1.29 is 9.59 Å². The van der Waals surface area contributed by atoms with E-state index in [0.29, 0.717) is 21.1 Å². The molecule has 0 aliphatic carbocycles. The number of rotatable bonds is 4. The molecule has 0 atom stereocenters. The minimum absolute atomic E-state index is 0.184. The van der Waals surface area contributed by atoms with Gasteiger partial charge in [-0.3, -0.25) is 9.59 Å². The highest BCUT2D eigenvalue weighted by atomic mass is 79.9. The Kier molecular flexibility index (Phi) is 5.50. The van der Waals surface area contributed by atoms with Gasteiger partial charge in [0.15, 0.2) is 0 Å². The molecule has 122 valence electrons. The summed E-state index contributed by atoms with van der Waals surface area (Å²) in [5.41, 5.74) is 1.24. The van der Waals surface area contributed by atoms with Gasteiger partial charge in [-0.1, -0.05) is 6.07 Å². The van der Waals surface area contributed by atoms with E-state index in [0.717, 1.165) is 7.57 Å². The number of carbonyl (C=O) groups excluding carboxylic acids is 2. The quantitative estimate of drug-likeness (QED) is 0.487.